The molecule has 0 saturated carbocycles. The van der Waals surface area contributed by atoms with E-state index in [1.165, 1.54) is 18.3 Å². The molecule has 0 fully saturated rings. The Bertz CT molecular complexity index is 288. The molecule has 1 N–H and O–H groups in total. The van der Waals surface area contributed by atoms with Gasteiger partial charge < -0.3 is 5.32 Å². The molecule has 0 aliphatic carbocycles. The lowest BCUT2D eigenvalue weighted by atomic mass is 10.2. The van der Waals surface area contributed by atoms with Gasteiger partial charge in [-0.1, -0.05) is 0 Å². The Morgan fingerprint density at radius 2 is 2.50 bits per heavy atom. The van der Waals surface area contributed by atoms with Crippen LogP contribution in [-0.2, 0) is 0 Å². The summed E-state index contributed by atoms with van der Waals surface area (Å²) < 4.78 is 12.8. The van der Waals surface area contributed by atoms with Crippen LogP contribution in [0.1, 0.15) is 17.3 Å². The van der Waals surface area contributed by atoms with Gasteiger partial charge in [-0.25, -0.2) is 4.98 Å². The van der Waals surface area contributed by atoms with E-state index in [4.69, 9.17) is 0 Å². The molecular weight excluding hydrogens is 159 g/mol. The van der Waals surface area contributed by atoms with E-state index < -0.39 is 11.9 Å². The predicted molar refractivity (Wildman–Crippen MR) is 42.2 cm³/mol. The SMILES string of the molecule is CCNC(=O)c1cccnc1F. The molecule has 1 amide bonds. The van der Waals surface area contributed by atoms with E-state index in [0.29, 0.717) is 6.54 Å². The van der Waals surface area contributed by atoms with Gasteiger partial charge in [-0.05, 0) is 19.1 Å². The molecule has 0 unspecified atom stereocenters. The summed E-state index contributed by atoms with van der Waals surface area (Å²) in [6.45, 7) is 2.25. The van der Waals surface area contributed by atoms with Crippen LogP contribution in [0.3, 0.4) is 0 Å². The van der Waals surface area contributed by atoms with Crippen LogP contribution >= 0.6 is 0 Å². The first kappa shape index (κ1) is 8.64. The number of carbonyl (C=O) groups excluding carboxylic acids is 1. The van der Waals surface area contributed by atoms with E-state index >= 15 is 0 Å². The second-order valence-electron chi connectivity index (χ2n) is 2.20. The van der Waals surface area contributed by atoms with Crippen molar-refractivity contribution < 1.29 is 9.18 Å². The van der Waals surface area contributed by atoms with Crippen molar-refractivity contribution in [1.82, 2.24) is 10.3 Å². The predicted octanol–water partition coefficient (Wildman–Crippen LogP) is 0.970. The smallest absolute Gasteiger partial charge is 0.255 e. The summed E-state index contributed by atoms with van der Waals surface area (Å²) in [7, 11) is 0. The van der Waals surface area contributed by atoms with Gasteiger partial charge in [0.05, 0.1) is 5.56 Å². The second-order valence-corrected chi connectivity index (χ2v) is 2.20. The minimum Gasteiger partial charge on any atom is -0.352 e. The normalized spacial score (nSPS) is 9.50. The Kier molecular flexibility index (Phi) is 2.74. The van der Waals surface area contributed by atoms with Crippen molar-refractivity contribution in [3.05, 3.63) is 29.8 Å². The molecule has 3 nitrogen and oxygen atoms in total. The fourth-order valence-electron chi connectivity index (χ4n) is 0.811. The Morgan fingerprint density at radius 3 is 3.08 bits per heavy atom. The second kappa shape index (κ2) is 3.80. The van der Waals surface area contributed by atoms with Gasteiger partial charge in [0.2, 0.25) is 5.95 Å². The molecule has 0 atom stereocenters. The average molecular weight is 168 g/mol. The monoisotopic (exact) mass is 168 g/mol. The summed E-state index contributed by atoms with van der Waals surface area (Å²) in [6, 6.07) is 2.92. The third-order valence-electron chi connectivity index (χ3n) is 1.34. The van der Waals surface area contributed by atoms with E-state index in [0.717, 1.165) is 0 Å². The number of carbonyl (C=O) groups is 1. The largest absolute Gasteiger partial charge is 0.352 e. The average Bonchev–Trinajstić information content (AvgIpc) is 2.05. The van der Waals surface area contributed by atoms with Crippen molar-refractivity contribution in [3.8, 4) is 0 Å². The molecule has 12 heavy (non-hydrogen) atoms. The van der Waals surface area contributed by atoms with Gasteiger partial charge in [-0.15, -0.1) is 0 Å². The zero-order valence-electron chi connectivity index (χ0n) is 6.67. The number of rotatable bonds is 2. The maximum absolute atomic E-state index is 12.8. The van der Waals surface area contributed by atoms with Crippen LogP contribution in [0.4, 0.5) is 4.39 Å². The molecule has 4 heteroatoms. The van der Waals surface area contributed by atoms with E-state index in [9.17, 15) is 9.18 Å². The third kappa shape index (κ3) is 1.78. The van der Waals surface area contributed by atoms with Gasteiger partial charge in [0.15, 0.2) is 0 Å². The number of pyridine rings is 1. The topological polar surface area (TPSA) is 42.0 Å². The van der Waals surface area contributed by atoms with Gasteiger partial charge >= 0.3 is 0 Å². The molecule has 1 aromatic rings. The quantitative estimate of drug-likeness (QED) is 0.668. The Hall–Kier alpha value is -1.45. The lowest BCUT2D eigenvalue weighted by Crippen LogP contribution is -2.23. The lowest BCUT2D eigenvalue weighted by Gasteiger charge is -2.00. The van der Waals surface area contributed by atoms with Crippen LogP contribution < -0.4 is 5.32 Å². The summed E-state index contributed by atoms with van der Waals surface area (Å²) in [5.41, 5.74) is -0.0145. The van der Waals surface area contributed by atoms with Crippen LogP contribution in [0.25, 0.3) is 0 Å². The fourth-order valence-corrected chi connectivity index (χ4v) is 0.811. The van der Waals surface area contributed by atoms with Crippen LogP contribution in [0.2, 0.25) is 0 Å². The molecule has 0 aliphatic heterocycles. The zero-order valence-corrected chi connectivity index (χ0v) is 6.67. The highest BCUT2D eigenvalue weighted by atomic mass is 19.1. The molecule has 64 valence electrons. The number of nitrogens with one attached hydrogen (secondary N) is 1. The minimum absolute atomic E-state index is 0.0145. The summed E-state index contributed by atoms with van der Waals surface area (Å²) in [5, 5.41) is 2.48. The lowest BCUT2D eigenvalue weighted by molar-refractivity contribution is 0.0951. The molecule has 0 radical (unpaired) electrons. The van der Waals surface area contributed by atoms with Crippen LogP contribution in [0.5, 0.6) is 0 Å². The number of nitrogens with zero attached hydrogens (tertiary/aromatic N) is 1. The van der Waals surface area contributed by atoms with Gasteiger partial charge in [0.25, 0.3) is 5.91 Å². The van der Waals surface area contributed by atoms with E-state index in [2.05, 4.69) is 10.3 Å². The van der Waals surface area contributed by atoms with E-state index in [-0.39, 0.29) is 5.56 Å². The van der Waals surface area contributed by atoms with Gasteiger partial charge in [0, 0.05) is 12.7 Å². The van der Waals surface area contributed by atoms with Crippen molar-refractivity contribution >= 4 is 5.91 Å². The van der Waals surface area contributed by atoms with Crippen LogP contribution in [-0.4, -0.2) is 17.4 Å². The first-order valence-corrected chi connectivity index (χ1v) is 3.64. The summed E-state index contributed by atoms with van der Waals surface area (Å²) in [5.74, 6) is -1.16. The summed E-state index contributed by atoms with van der Waals surface area (Å²) >= 11 is 0. The molecule has 0 saturated heterocycles. The molecular formula is C8H9FN2O. The van der Waals surface area contributed by atoms with Crippen molar-refractivity contribution in [1.29, 1.82) is 0 Å². The maximum Gasteiger partial charge on any atom is 0.255 e. The highest BCUT2D eigenvalue weighted by molar-refractivity contribution is 5.93. The Labute approximate surface area is 69.6 Å². The first-order valence-electron chi connectivity index (χ1n) is 3.64. The zero-order chi connectivity index (χ0) is 8.97. The van der Waals surface area contributed by atoms with Gasteiger partial charge in [-0.3, -0.25) is 4.79 Å². The molecule has 0 aliphatic rings. The van der Waals surface area contributed by atoms with Crippen molar-refractivity contribution in [3.63, 3.8) is 0 Å². The highest BCUT2D eigenvalue weighted by Crippen LogP contribution is 2.01. The molecule has 0 bridgehead atoms. The number of hydrogen-bond donors (Lipinski definition) is 1. The van der Waals surface area contributed by atoms with Crippen molar-refractivity contribution in [2.24, 2.45) is 0 Å². The summed E-state index contributed by atoms with van der Waals surface area (Å²) in [6.07, 6.45) is 1.30. The fraction of sp³-hybridized carbons (Fsp3) is 0.250. The molecule has 1 aromatic heterocycles. The minimum atomic E-state index is -0.733. The maximum atomic E-state index is 12.8. The van der Waals surface area contributed by atoms with Crippen LogP contribution in [0.15, 0.2) is 18.3 Å². The molecule has 0 spiro atoms. The third-order valence-corrected chi connectivity index (χ3v) is 1.34. The van der Waals surface area contributed by atoms with Gasteiger partial charge in [0.1, 0.15) is 0 Å². The van der Waals surface area contributed by atoms with E-state index in [1.807, 2.05) is 0 Å². The van der Waals surface area contributed by atoms with Crippen molar-refractivity contribution in [2.45, 2.75) is 6.92 Å². The number of aromatic nitrogens is 1. The Balaban J connectivity index is 2.87. The van der Waals surface area contributed by atoms with E-state index in [1.54, 1.807) is 6.92 Å². The van der Waals surface area contributed by atoms with Crippen LogP contribution in [0, 0.1) is 5.95 Å². The van der Waals surface area contributed by atoms with Gasteiger partial charge in [-0.2, -0.15) is 4.39 Å². The summed E-state index contributed by atoms with van der Waals surface area (Å²) in [4.78, 5) is 14.4. The number of hydrogen-bond acceptors (Lipinski definition) is 2. The molecule has 1 heterocycles. The molecule has 0 aromatic carbocycles. The number of amides is 1. The van der Waals surface area contributed by atoms with Crippen molar-refractivity contribution in [2.75, 3.05) is 6.54 Å². The first-order chi connectivity index (χ1) is 5.75. The highest BCUT2D eigenvalue weighted by Gasteiger charge is 2.09. The Morgan fingerprint density at radius 1 is 1.75 bits per heavy atom. The standard InChI is InChI=1S/C8H9FN2O/c1-2-10-8(12)6-4-3-5-11-7(6)9/h3-5H,2H2,1H3,(H,10,12). The molecule has 1 rings (SSSR count). The number of halogens is 1.